The van der Waals surface area contributed by atoms with E-state index in [2.05, 4.69) is 176 Å². The van der Waals surface area contributed by atoms with E-state index in [0.29, 0.717) is 0 Å². The minimum absolute atomic E-state index is 0.0711. The molecule has 1 saturated carbocycles. The third-order valence-electron chi connectivity index (χ3n) is 12.5. The van der Waals surface area contributed by atoms with Crippen LogP contribution in [0.4, 0.5) is 0 Å². The SMILES string of the molecule is c1ccc(-c2cccc(-c3cc(-c4ccc(-c5cccc6c5-c5cc7ccccc7cc5C65CCCCC5)c5ccccc45)nc(-c4ccccc4)n3)c2)cc1. The third kappa shape index (κ3) is 5.32. The smallest absolute Gasteiger partial charge is 0.160 e. The van der Waals surface area contributed by atoms with E-state index in [9.17, 15) is 0 Å². The first kappa shape index (κ1) is 32.8. The van der Waals surface area contributed by atoms with Gasteiger partial charge in [-0.1, -0.05) is 177 Å². The number of hydrogen-bond donors (Lipinski definition) is 0. The molecular weight excluding hydrogens is 677 g/mol. The maximum Gasteiger partial charge on any atom is 0.160 e. The lowest BCUT2D eigenvalue weighted by Crippen LogP contribution is -2.28. The molecule has 0 atom stereocenters. The van der Waals surface area contributed by atoms with Crippen LogP contribution >= 0.6 is 0 Å². The summed E-state index contributed by atoms with van der Waals surface area (Å²) in [5.74, 6) is 0.721. The summed E-state index contributed by atoms with van der Waals surface area (Å²) >= 11 is 0. The van der Waals surface area contributed by atoms with Gasteiger partial charge in [-0.3, -0.25) is 0 Å². The summed E-state index contributed by atoms with van der Waals surface area (Å²) in [4.78, 5) is 10.5. The molecule has 56 heavy (non-hydrogen) atoms. The van der Waals surface area contributed by atoms with E-state index >= 15 is 0 Å². The van der Waals surface area contributed by atoms with E-state index in [1.807, 2.05) is 6.07 Å². The zero-order valence-electron chi connectivity index (χ0n) is 31.3. The number of nitrogens with zero attached hydrogens (tertiary/aromatic N) is 2. The van der Waals surface area contributed by atoms with Crippen molar-refractivity contribution in [2.75, 3.05) is 0 Å². The zero-order chi connectivity index (χ0) is 37.1. The molecule has 1 fully saturated rings. The lowest BCUT2D eigenvalue weighted by atomic mass is 9.67. The molecule has 9 aromatic rings. The van der Waals surface area contributed by atoms with Crippen LogP contribution in [0.25, 0.3) is 88.8 Å². The van der Waals surface area contributed by atoms with Gasteiger partial charge >= 0.3 is 0 Å². The highest BCUT2D eigenvalue weighted by molar-refractivity contribution is 6.08. The first-order valence-corrected chi connectivity index (χ1v) is 20.0. The maximum atomic E-state index is 5.29. The van der Waals surface area contributed by atoms with Crippen LogP contribution in [-0.2, 0) is 5.41 Å². The zero-order valence-corrected chi connectivity index (χ0v) is 31.3. The Bertz CT molecular complexity index is 2940. The first-order chi connectivity index (χ1) is 27.7. The summed E-state index contributed by atoms with van der Waals surface area (Å²) in [5, 5.41) is 5.07. The van der Waals surface area contributed by atoms with E-state index in [1.165, 1.54) is 98.2 Å². The predicted molar refractivity (Wildman–Crippen MR) is 234 cm³/mol. The Kier molecular flexibility index (Phi) is 7.77. The lowest BCUT2D eigenvalue weighted by molar-refractivity contribution is 0.353. The van der Waals surface area contributed by atoms with Crippen LogP contribution in [0.2, 0.25) is 0 Å². The Morgan fingerprint density at radius 2 is 0.964 bits per heavy atom. The van der Waals surface area contributed by atoms with Crippen LogP contribution in [0, 0.1) is 0 Å². The van der Waals surface area contributed by atoms with E-state index in [1.54, 1.807) is 0 Å². The van der Waals surface area contributed by atoms with Gasteiger partial charge in [0.15, 0.2) is 5.82 Å². The van der Waals surface area contributed by atoms with Crippen LogP contribution in [0.3, 0.4) is 0 Å². The molecule has 0 radical (unpaired) electrons. The molecule has 266 valence electrons. The van der Waals surface area contributed by atoms with Crippen LogP contribution in [0.5, 0.6) is 0 Å². The highest BCUT2D eigenvalue weighted by atomic mass is 14.9. The van der Waals surface area contributed by atoms with Gasteiger partial charge < -0.3 is 0 Å². The molecule has 8 aromatic carbocycles. The molecule has 11 rings (SSSR count). The molecule has 2 aliphatic carbocycles. The quantitative estimate of drug-likeness (QED) is 0.177. The molecule has 1 spiro atoms. The Balaban J connectivity index is 1.11. The van der Waals surface area contributed by atoms with Gasteiger partial charge in [-0.05, 0) is 103 Å². The topological polar surface area (TPSA) is 25.8 Å². The second-order valence-electron chi connectivity index (χ2n) is 15.6. The van der Waals surface area contributed by atoms with Crippen molar-refractivity contribution < 1.29 is 0 Å². The molecular formula is C54H40N2. The molecule has 2 aliphatic rings. The van der Waals surface area contributed by atoms with E-state index in [0.717, 1.165) is 33.9 Å². The molecule has 0 amide bonds. The van der Waals surface area contributed by atoms with E-state index in [-0.39, 0.29) is 5.41 Å². The average Bonchev–Trinajstić information content (AvgIpc) is 3.53. The standard InChI is InChI=1S/C54H40N2/c1-4-16-36(17-5-1)38-22-14-23-41(32-38)50-35-51(56-53(55-50)37-18-6-2-7-19-37)45-29-28-44(42-24-10-11-25-43(42)45)46-26-15-27-48-52(46)47-33-39-20-8-9-21-40(39)34-49(47)54(48)30-12-3-13-31-54/h1-2,4-11,14-29,32-35H,3,12-13,30-31H2. The summed E-state index contributed by atoms with van der Waals surface area (Å²) in [6, 6.07) is 66.3. The molecule has 1 heterocycles. The highest BCUT2D eigenvalue weighted by Gasteiger charge is 2.44. The fourth-order valence-electron chi connectivity index (χ4n) is 9.84. The van der Waals surface area contributed by atoms with Gasteiger partial charge in [-0.2, -0.15) is 0 Å². The molecule has 0 unspecified atom stereocenters. The normalized spacial score (nSPS) is 14.2. The van der Waals surface area contributed by atoms with Gasteiger partial charge in [0.2, 0.25) is 0 Å². The number of benzene rings is 8. The van der Waals surface area contributed by atoms with Crippen LogP contribution < -0.4 is 0 Å². The van der Waals surface area contributed by atoms with Gasteiger partial charge in [-0.15, -0.1) is 0 Å². The number of hydrogen-bond acceptors (Lipinski definition) is 2. The van der Waals surface area contributed by atoms with Crippen LogP contribution in [-0.4, -0.2) is 9.97 Å². The second-order valence-corrected chi connectivity index (χ2v) is 15.6. The average molecular weight is 717 g/mol. The van der Waals surface area contributed by atoms with Gasteiger partial charge in [0.1, 0.15) is 0 Å². The molecule has 1 aromatic heterocycles. The van der Waals surface area contributed by atoms with Crippen molar-refractivity contribution >= 4 is 21.5 Å². The Hall–Kier alpha value is -6.64. The summed E-state index contributed by atoms with van der Waals surface area (Å²) in [6.07, 6.45) is 6.29. The molecule has 0 saturated heterocycles. The highest BCUT2D eigenvalue weighted by Crippen LogP contribution is 2.59. The summed E-state index contributed by atoms with van der Waals surface area (Å²) in [6.45, 7) is 0. The van der Waals surface area contributed by atoms with Gasteiger partial charge in [-0.25, -0.2) is 9.97 Å². The molecule has 2 heteroatoms. The van der Waals surface area contributed by atoms with Crippen molar-refractivity contribution in [3.63, 3.8) is 0 Å². The van der Waals surface area contributed by atoms with Crippen molar-refractivity contribution in [1.29, 1.82) is 0 Å². The third-order valence-corrected chi connectivity index (χ3v) is 12.5. The van der Waals surface area contributed by atoms with Gasteiger partial charge in [0, 0.05) is 22.1 Å². The monoisotopic (exact) mass is 716 g/mol. The van der Waals surface area contributed by atoms with Crippen molar-refractivity contribution in [1.82, 2.24) is 9.97 Å². The minimum Gasteiger partial charge on any atom is -0.228 e. The van der Waals surface area contributed by atoms with Crippen molar-refractivity contribution in [2.24, 2.45) is 0 Å². The van der Waals surface area contributed by atoms with Gasteiger partial charge in [0.05, 0.1) is 11.4 Å². The molecule has 0 aliphatic heterocycles. The van der Waals surface area contributed by atoms with E-state index in [4.69, 9.17) is 9.97 Å². The first-order valence-electron chi connectivity index (χ1n) is 20.0. The summed E-state index contributed by atoms with van der Waals surface area (Å²) in [7, 11) is 0. The Labute approximate surface area is 328 Å². The fraction of sp³-hybridized carbons (Fsp3) is 0.111. The number of fused-ring (bicyclic) bond motifs is 7. The van der Waals surface area contributed by atoms with Crippen molar-refractivity contribution in [2.45, 2.75) is 37.5 Å². The molecule has 2 nitrogen and oxygen atoms in total. The largest absolute Gasteiger partial charge is 0.228 e. The molecule has 0 bridgehead atoms. The minimum atomic E-state index is 0.0711. The number of rotatable bonds is 5. The number of aromatic nitrogens is 2. The van der Waals surface area contributed by atoms with E-state index < -0.39 is 0 Å². The van der Waals surface area contributed by atoms with Crippen LogP contribution in [0.15, 0.2) is 182 Å². The molecule has 0 N–H and O–H groups in total. The van der Waals surface area contributed by atoms with Crippen molar-refractivity contribution in [3.8, 4) is 67.3 Å². The van der Waals surface area contributed by atoms with Gasteiger partial charge in [0.25, 0.3) is 0 Å². The van der Waals surface area contributed by atoms with Crippen LogP contribution in [0.1, 0.15) is 43.2 Å². The second kappa shape index (κ2) is 13.3. The lowest BCUT2D eigenvalue weighted by Gasteiger charge is -2.36. The van der Waals surface area contributed by atoms with Crippen molar-refractivity contribution in [3.05, 3.63) is 193 Å². The summed E-state index contributed by atoms with van der Waals surface area (Å²) in [5.41, 5.74) is 15.9. The predicted octanol–water partition coefficient (Wildman–Crippen LogP) is 14.3. The fourth-order valence-corrected chi connectivity index (χ4v) is 9.84. The maximum absolute atomic E-state index is 5.29. The Morgan fingerprint density at radius 1 is 0.357 bits per heavy atom. The summed E-state index contributed by atoms with van der Waals surface area (Å²) < 4.78 is 0. The Morgan fingerprint density at radius 3 is 1.75 bits per heavy atom.